The summed E-state index contributed by atoms with van der Waals surface area (Å²) in [4.78, 5) is 4.22. The number of nitrogens with zero attached hydrogens (tertiary/aromatic N) is 4. The van der Waals surface area contributed by atoms with Gasteiger partial charge in [-0.3, -0.25) is 0 Å². The SMILES string of the molecule is CCNc1nc(-c2cn[nH]n2)ns1. The van der Waals surface area contributed by atoms with Gasteiger partial charge >= 0.3 is 0 Å². The van der Waals surface area contributed by atoms with Gasteiger partial charge in [0.05, 0.1) is 6.20 Å². The van der Waals surface area contributed by atoms with Crippen LogP contribution in [0.25, 0.3) is 11.5 Å². The molecule has 0 saturated heterocycles. The fourth-order valence-corrected chi connectivity index (χ4v) is 1.50. The van der Waals surface area contributed by atoms with Crippen molar-refractivity contribution in [2.45, 2.75) is 6.92 Å². The van der Waals surface area contributed by atoms with E-state index in [4.69, 9.17) is 0 Å². The van der Waals surface area contributed by atoms with Gasteiger partial charge in [0, 0.05) is 18.1 Å². The van der Waals surface area contributed by atoms with Crippen LogP contribution in [0.4, 0.5) is 5.13 Å². The lowest BCUT2D eigenvalue weighted by Crippen LogP contribution is -1.94. The zero-order chi connectivity index (χ0) is 9.10. The summed E-state index contributed by atoms with van der Waals surface area (Å²) < 4.78 is 4.12. The minimum atomic E-state index is 0.606. The Morgan fingerprint density at radius 2 is 2.54 bits per heavy atom. The molecule has 68 valence electrons. The third kappa shape index (κ3) is 1.64. The molecule has 0 aliphatic heterocycles. The highest BCUT2D eigenvalue weighted by molar-refractivity contribution is 7.09. The van der Waals surface area contributed by atoms with Gasteiger partial charge in [0.1, 0.15) is 0 Å². The summed E-state index contributed by atoms with van der Waals surface area (Å²) in [7, 11) is 0. The summed E-state index contributed by atoms with van der Waals surface area (Å²) in [5.41, 5.74) is 0.667. The van der Waals surface area contributed by atoms with Crippen LogP contribution in [0.1, 0.15) is 6.92 Å². The Morgan fingerprint density at radius 3 is 3.23 bits per heavy atom. The van der Waals surface area contributed by atoms with E-state index in [-0.39, 0.29) is 0 Å². The molecule has 0 spiro atoms. The van der Waals surface area contributed by atoms with Gasteiger partial charge in [-0.25, -0.2) is 0 Å². The van der Waals surface area contributed by atoms with Gasteiger partial charge in [-0.15, -0.1) is 0 Å². The van der Waals surface area contributed by atoms with E-state index in [1.807, 2.05) is 6.92 Å². The smallest absolute Gasteiger partial charge is 0.202 e. The number of H-pyrrole nitrogens is 1. The van der Waals surface area contributed by atoms with E-state index in [2.05, 4.69) is 30.1 Å². The average Bonchev–Trinajstić information content (AvgIpc) is 2.70. The summed E-state index contributed by atoms with van der Waals surface area (Å²) in [6.07, 6.45) is 1.60. The molecule has 7 heteroatoms. The van der Waals surface area contributed by atoms with Crippen LogP contribution in [-0.2, 0) is 0 Å². The summed E-state index contributed by atoms with van der Waals surface area (Å²) in [5.74, 6) is 0.606. The number of hydrogen-bond acceptors (Lipinski definition) is 6. The minimum absolute atomic E-state index is 0.606. The second-order valence-electron chi connectivity index (χ2n) is 2.31. The quantitative estimate of drug-likeness (QED) is 0.757. The van der Waals surface area contributed by atoms with Crippen LogP contribution in [0.5, 0.6) is 0 Å². The Kier molecular flexibility index (Phi) is 2.17. The van der Waals surface area contributed by atoms with Gasteiger partial charge in [0.15, 0.2) is 11.5 Å². The van der Waals surface area contributed by atoms with Crippen LogP contribution in [0.2, 0.25) is 0 Å². The van der Waals surface area contributed by atoms with Crippen molar-refractivity contribution >= 4 is 16.7 Å². The van der Waals surface area contributed by atoms with Gasteiger partial charge in [-0.05, 0) is 6.92 Å². The number of rotatable bonds is 3. The van der Waals surface area contributed by atoms with Crippen molar-refractivity contribution in [2.24, 2.45) is 0 Å². The molecular formula is C6H8N6S. The molecule has 0 aliphatic carbocycles. The number of aromatic amines is 1. The number of aromatic nitrogens is 5. The largest absolute Gasteiger partial charge is 0.361 e. The van der Waals surface area contributed by atoms with Crippen LogP contribution >= 0.6 is 11.5 Å². The molecule has 0 aliphatic rings. The normalized spacial score (nSPS) is 10.2. The molecule has 2 aromatic rings. The molecule has 0 bridgehead atoms. The maximum Gasteiger partial charge on any atom is 0.202 e. The van der Waals surface area contributed by atoms with E-state index in [9.17, 15) is 0 Å². The van der Waals surface area contributed by atoms with Crippen LogP contribution in [0.3, 0.4) is 0 Å². The summed E-state index contributed by atoms with van der Waals surface area (Å²) in [5, 5.41) is 14.0. The van der Waals surface area contributed by atoms with E-state index in [1.165, 1.54) is 11.5 Å². The first-order valence-electron chi connectivity index (χ1n) is 3.84. The molecule has 2 N–H and O–H groups in total. The van der Waals surface area contributed by atoms with Crippen LogP contribution in [0, 0.1) is 0 Å². The Morgan fingerprint density at radius 1 is 1.62 bits per heavy atom. The number of hydrogen-bond donors (Lipinski definition) is 2. The van der Waals surface area contributed by atoms with Gasteiger partial charge in [-0.1, -0.05) is 0 Å². The standard InChI is InChI=1S/C6H8N6S/c1-2-7-6-9-5(11-13-6)4-3-8-12-10-4/h3H,2H2,1H3,(H,7,9,11)(H,8,10,12). The van der Waals surface area contributed by atoms with Crippen molar-refractivity contribution in [3.63, 3.8) is 0 Å². The van der Waals surface area contributed by atoms with E-state index in [0.29, 0.717) is 11.5 Å². The van der Waals surface area contributed by atoms with E-state index in [0.717, 1.165) is 11.7 Å². The summed E-state index contributed by atoms with van der Waals surface area (Å²) in [6, 6.07) is 0. The predicted molar refractivity (Wildman–Crippen MR) is 49.4 cm³/mol. The van der Waals surface area contributed by atoms with Crippen molar-refractivity contribution in [1.29, 1.82) is 0 Å². The van der Waals surface area contributed by atoms with Crippen molar-refractivity contribution in [1.82, 2.24) is 24.8 Å². The molecular weight excluding hydrogens is 188 g/mol. The molecule has 2 aromatic heterocycles. The highest BCUT2D eigenvalue weighted by Gasteiger charge is 2.07. The first kappa shape index (κ1) is 8.11. The summed E-state index contributed by atoms with van der Waals surface area (Å²) >= 11 is 1.32. The number of anilines is 1. The molecule has 6 nitrogen and oxygen atoms in total. The monoisotopic (exact) mass is 196 g/mol. The highest BCUT2D eigenvalue weighted by Crippen LogP contribution is 2.17. The Bertz CT molecular complexity index is 366. The third-order valence-corrected chi connectivity index (χ3v) is 2.07. The molecule has 0 atom stereocenters. The van der Waals surface area contributed by atoms with E-state index < -0.39 is 0 Å². The Balaban J connectivity index is 2.23. The van der Waals surface area contributed by atoms with Gasteiger partial charge in [0.2, 0.25) is 5.13 Å². The molecule has 0 aromatic carbocycles. The molecule has 0 radical (unpaired) electrons. The first-order chi connectivity index (χ1) is 6.40. The molecule has 0 unspecified atom stereocenters. The fraction of sp³-hybridized carbons (Fsp3) is 0.333. The number of nitrogens with one attached hydrogen (secondary N) is 2. The van der Waals surface area contributed by atoms with Crippen LogP contribution < -0.4 is 5.32 Å². The zero-order valence-electron chi connectivity index (χ0n) is 6.98. The van der Waals surface area contributed by atoms with Gasteiger partial charge in [-0.2, -0.15) is 24.8 Å². The highest BCUT2D eigenvalue weighted by atomic mass is 32.1. The maximum absolute atomic E-state index is 4.22. The molecule has 0 fully saturated rings. The first-order valence-corrected chi connectivity index (χ1v) is 4.61. The van der Waals surface area contributed by atoms with Crippen molar-refractivity contribution < 1.29 is 0 Å². The van der Waals surface area contributed by atoms with Gasteiger partial charge in [0.25, 0.3) is 0 Å². The molecule has 13 heavy (non-hydrogen) atoms. The van der Waals surface area contributed by atoms with Crippen molar-refractivity contribution in [3.8, 4) is 11.5 Å². The van der Waals surface area contributed by atoms with Gasteiger partial charge < -0.3 is 5.32 Å². The zero-order valence-corrected chi connectivity index (χ0v) is 7.80. The second kappa shape index (κ2) is 3.48. The summed E-state index contributed by atoms with van der Waals surface area (Å²) in [6.45, 7) is 2.85. The van der Waals surface area contributed by atoms with Crippen molar-refractivity contribution in [2.75, 3.05) is 11.9 Å². The van der Waals surface area contributed by atoms with Crippen molar-refractivity contribution in [3.05, 3.63) is 6.20 Å². The minimum Gasteiger partial charge on any atom is -0.361 e. The lowest BCUT2D eigenvalue weighted by molar-refractivity contribution is 0.940. The molecule has 2 rings (SSSR count). The Labute approximate surface area is 78.6 Å². The molecule has 0 saturated carbocycles. The predicted octanol–water partition coefficient (Wildman–Crippen LogP) is 0.755. The van der Waals surface area contributed by atoms with Crippen LogP contribution in [-0.4, -0.2) is 31.3 Å². The lowest BCUT2D eigenvalue weighted by Gasteiger charge is -1.91. The molecule has 0 amide bonds. The second-order valence-corrected chi connectivity index (χ2v) is 3.06. The topological polar surface area (TPSA) is 79.4 Å². The van der Waals surface area contributed by atoms with Crippen LogP contribution in [0.15, 0.2) is 6.20 Å². The van der Waals surface area contributed by atoms with E-state index >= 15 is 0 Å². The van der Waals surface area contributed by atoms with E-state index in [1.54, 1.807) is 6.20 Å². The average molecular weight is 196 g/mol. The maximum atomic E-state index is 4.22. The molecule has 2 heterocycles. The third-order valence-electron chi connectivity index (χ3n) is 1.40. The lowest BCUT2D eigenvalue weighted by atomic mass is 10.5. The Hall–Kier alpha value is -1.50. The fourth-order valence-electron chi connectivity index (χ4n) is 0.860.